The van der Waals surface area contributed by atoms with E-state index in [-0.39, 0.29) is 11.8 Å². The highest BCUT2D eigenvalue weighted by Crippen LogP contribution is 2.69. The van der Waals surface area contributed by atoms with Crippen molar-refractivity contribution >= 4 is 5.91 Å². The summed E-state index contributed by atoms with van der Waals surface area (Å²) in [6.45, 7) is 2.46. The zero-order valence-electron chi connectivity index (χ0n) is 12.6. The minimum Gasteiger partial charge on any atom is -0.345 e. The van der Waals surface area contributed by atoms with Crippen molar-refractivity contribution in [1.29, 1.82) is 0 Å². The van der Waals surface area contributed by atoms with Crippen molar-refractivity contribution in [2.75, 3.05) is 6.54 Å². The topological polar surface area (TPSA) is 55.1 Å². The SMILES string of the molecule is CC(CN)(NC(=O)C1C2C3CCC(C3)C12)c1ccccc1. The molecule has 5 unspecified atom stereocenters. The summed E-state index contributed by atoms with van der Waals surface area (Å²) in [5.74, 6) is 3.53. The van der Waals surface area contributed by atoms with Crippen LogP contribution in [-0.2, 0) is 10.3 Å². The molecule has 1 aromatic rings. The van der Waals surface area contributed by atoms with E-state index in [2.05, 4.69) is 5.32 Å². The van der Waals surface area contributed by atoms with Gasteiger partial charge in [0.15, 0.2) is 0 Å². The third-order valence-corrected chi connectivity index (χ3v) is 6.26. The first kappa shape index (κ1) is 13.3. The summed E-state index contributed by atoms with van der Waals surface area (Å²) in [5, 5.41) is 3.25. The summed E-state index contributed by atoms with van der Waals surface area (Å²) in [5.41, 5.74) is 6.62. The first-order valence-corrected chi connectivity index (χ1v) is 8.21. The van der Waals surface area contributed by atoms with Gasteiger partial charge in [-0.2, -0.15) is 0 Å². The molecule has 4 rings (SSSR count). The number of carbonyl (C=O) groups excluding carboxylic acids is 1. The van der Waals surface area contributed by atoms with Crippen LogP contribution in [0.5, 0.6) is 0 Å². The Hall–Kier alpha value is -1.35. The van der Waals surface area contributed by atoms with Crippen LogP contribution in [0.15, 0.2) is 30.3 Å². The zero-order valence-corrected chi connectivity index (χ0v) is 12.6. The van der Waals surface area contributed by atoms with E-state index in [1.807, 2.05) is 37.3 Å². The third-order valence-electron chi connectivity index (χ3n) is 6.26. The monoisotopic (exact) mass is 284 g/mol. The fourth-order valence-corrected chi connectivity index (χ4v) is 5.08. The molecule has 3 nitrogen and oxygen atoms in total. The minimum atomic E-state index is -0.450. The van der Waals surface area contributed by atoms with Gasteiger partial charge in [-0.05, 0) is 55.4 Å². The highest BCUT2D eigenvalue weighted by atomic mass is 16.2. The fourth-order valence-electron chi connectivity index (χ4n) is 5.08. The average Bonchev–Trinajstić information content (AvgIpc) is 2.97. The fraction of sp³-hybridized carbons (Fsp3) is 0.611. The van der Waals surface area contributed by atoms with E-state index in [1.54, 1.807) is 0 Å². The van der Waals surface area contributed by atoms with Gasteiger partial charge >= 0.3 is 0 Å². The van der Waals surface area contributed by atoms with Gasteiger partial charge < -0.3 is 11.1 Å². The molecule has 3 N–H and O–H groups in total. The second-order valence-electron chi connectivity index (χ2n) is 7.41. The molecular weight excluding hydrogens is 260 g/mol. The lowest BCUT2D eigenvalue weighted by Crippen LogP contribution is -2.49. The van der Waals surface area contributed by atoms with Crippen LogP contribution in [0.3, 0.4) is 0 Å². The largest absolute Gasteiger partial charge is 0.345 e. The molecule has 112 valence electrons. The highest BCUT2D eigenvalue weighted by molar-refractivity contribution is 5.83. The molecule has 0 aromatic heterocycles. The molecule has 0 radical (unpaired) electrons. The normalized spacial score (nSPS) is 38.7. The van der Waals surface area contributed by atoms with Crippen molar-refractivity contribution in [2.24, 2.45) is 35.3 Å². The number of nitrogens with one attached hydrogen (secondary N) is 1. The molecule has 1 aromatic carbocycles. The number of benzene rings is 1. The van der Waals surface area contributed by atoms with Gasteiger partial charge in [0.05, 0.1) is 5.54 Å². The Kier molecular flexibility index (Phi) is 2.90. The number of hydrogen-bond acceptors (Lipinski definition) is 2. The molecule has 5 atom stereocenters. The van der Waals surface area contributed by atoms with Gasteiger partial charge in [-0.25, -0.2) is 0 Å². The van der Waals surface area contributed by atoms with Crippen molar-refractivity contribution in [3.63, 3.8) is 0 Å². The Morgan fingerprint density at radius 1 is 1.24 bits per heavy atom. The van der Waals surface area contributed by atoms with Crippen molar-refractivity contribution in [3.05, 3.63) is 35.9 Å². The van der Waals surface area contributed by atoms with E-state index in [4.69, 9.17) is 5.73 Å². The summed E-state index contributed by atoms with van der Waals surface area (Å²) in [6.07, 6.45) is 4.08. The van der Waals surface area contributed by atoms with Crippen molar-refractivity contribution in [1.82, 2.24) is 5.32 Å². The van der Waals surface area contributed by atoms with Gasteiger partial charge in [-0.3, -0.25) is 4.79 Å². The van der Waals surface area contributed by atoms with Crippen molar-refractivity contribution in [2.45, 2.75) is 31.7 Å². The Bertz CT molecular complexity index is 542. The van der Waals surface area contributed by atoms with Crippen LogP contribution in [0, 0.1) is 29.6 Å². The Morgan fingerprint density at radius 2 is 1.86 bits per heavy atom. The summed E-state index contributed by atoms with van der Waals surface area (Å²) < 4.78 is 0. The standard InChI is InChI=1S/C18H24N2O/c1-18(10-19,13-5-3-2-4-6-13)20-17(21)16-14-11-7-8-12(9-11)15(14)16/h2-6,11-12,14-16H,7-10,19H2,1H3,(H,20,21). The molecule has 2 bridgehead atoms. The summed E-state index contributed by atoms with van der Waals surface area (Å²) >= 11 is 0. The van der Waals surface area contributed by atoms with Crippen LogP contribution in [0.4, 0.5) is 0 Å². The van der Waals surface area contributed by atoms with Crippen LogP contribution in [0.1, 0.15) is 31.7 Å². The molecule has 0 aliphatic heterocycles. The summed E-state index contributed by atoms with van der Waals surface area (Å²) in [4.78, 5) is 12.7. The number of carbonyl (C=O) groups is 1. The van der Waals surface area contributed by atoms with Gasteiger partial charge in [-0.15, -0.1) is 0 Å². The van der Waals surface area contributed by atoms with Crippen molar-refractivity contribution in [3.8, 4) is 0 Å². The van der Waals surface area contributed by atoms with E-state index in [0.29, 0.717) is 18.4 Å². The minimum absolute atomic E-state index is 0.235. The maximum atomic E-state index is 12.7. The molecule has 1 amide bonds. The second kappa shape index (κ2) is 4.57. The Labute approximate surface area is 126 Å². The molecule has 21 heavy (non-hydrogen) atoms. The quantitative estimate of drug-likeness (QED) is 0.891. The lowest BCUT2D eigenvalue weighted by Gasteiger charge is -2.30. The molecule has 3 heteroatoms. The lowest BCUT2D eigenvalue weighted by atomic mass is 9.91. The molecule has 3 fully saturated rings. The van der Waals surface area contributed by atoms with Crippen molar-refractivity contribution < 1.29 is 4.79 Å². The van der Waals surface area contributed by atoms with Gasteiger partial charge in [0, 0.05) is 12.5 Å². The van der Waals surface area contributed by atoms with E-state index in [0.717, 1.165) is 17.4 Å². The zero-order chi connectivity index (χ0) is 14.6. The predicted octanol–water partition coefficient (Wildman–Crippen LogP) is 2.27. The molecule has 0 saturated heterocycles. The number of hydrogen-bond donors (Lipinski definition) is 2. The molecule has 3 aliphatic rings. The van der Waals surface area contributed by atoms with E-state index in [1.165, 1.54) is 19.3 Å². The van der Waals surface area contributed by atoms with Crippen LogP contribution in [0.2, 0.25) is 0 Å². The second-order valence-corrected chi connectivity index (χ2v) is 7.41. The molecule has 0 spiro atoms. The van der Waals surface area contributed by atoms with Gasteiger partial charge in [0.2, 0.25) is 5.91 Å². The van der Waals surface area contributed by atoms with E-state index >= 15 is 0 Å². The van der Waals surface area contributed by atoms with Crippen LogP contribution in [-0.4, -0.2) is 12.5 Å². The lowest BCUT2D eigenvalue weighted by molar-refractivity contribution is -0.125. The molecular formula is C18H24N2O. The van der Waals surface area contributed by atoms with E-state index in [9.17, 15) is 4.79 Å². The maximum absolute atomic E-state index is 12.7. The predicted molar refractivity (Wildman–Crippen MR) is 82.3 cm³/mol. The summed E-state index contributed by atoms with van der Waals surface area (Å²) in [7, 11) is 0. The summed E-state index contributed by atoms with van der Waals surface area (Å²) in [6, 6.07) is 10.1. The van der Waals surface area contributed by atoms with Crippen LogP contribution in [0.25, 0.3) is 0 Å². The Morgan fingerprint density at radius 3 is 2.43 bits per heavy atom. The van der Waals surface area contributed by atoms with Gasteiger partial charge in [-0.1, -0.05) is 30.3 Å². The van der Waals surface area contributed by atoms with Crippen LogP contribution < -0.4 is 11.1 Å². The molecule has 0 heterocycles. The van der Waals surface area contributed by atoms with Gasteiger partial charge in [0.1, 0.15) is 0 Å². The molecule has 3 aliphatic carbocycles. The van der Waals surface area contributed by atoms with E-state index < -0.39 is 5.54 Å². The first-order valence-electron chi connectivity index (χ1n) is 8.21. The molecule has 3 saturated carbocycles. The Balaban J connectivity index is 1.49. The van der Waals surface area contributed by atoms with Crippen LogP contribution >= 0.6 is 0 Å². The average molecular weight is 284 g/mol. The number of amides is 1. The highest BCUT2D eigenvalue weighted by Gasteiger charge is 2.67. The number of nitrogens with two attached hydrogens (primary N) is 1. The first-order chi connectivity index (χ1) is 10.1. The third kappa shape index (κ3) is 1.94. The maximum Gasteiger partial charge on any atom is 0.224 e. The number of fused-ring (bicyclic) bond motifs is 5. The van der Waals surface area contributed by atoms with Gasteiger partial charge in [0.25, 0.3) is 0 Å². The smallest absolute Gasteiger partial charge is 0.224 e. The number of rotatable bonds is 4.